The van der Waals surface area contributed by atoms with E-state index < -0.39 is 5.97 Å². The first-order valence-corrected chi connectivity index (χ1v) is 3.94. The predicted molar refractivity (Wildman–Crippen MR) is 46.6 cm³/mol. The molecule has 1 rings (SSSR count). The third-order valence-corrected chi connectivity index (χ3v) is 1.52. The molecule has 0 aliphatic heterocycles. The molecule has 5 nitrogen and oxygen atoms in total. The molecule has 1 heterocycles. The van der Waals surface area contributed by atoms with Gasteiger partial charge < -0.3 is 10.4 Å². The maximum Gasteiger partial charge on any atom is 0.354 e. The maximum atomic E-state index is 10.5. The molecule has 0 unspecified atom stereocenters. The zero-order valence-corrected chi connectivity index (χ0v) is 7.32. The fourth-order valence-electron chi connectivity index (χ4n) is 0.875. The Kier molecular flexibility index (Phi) is 3.33. The average molecular weight is 181 g/mol. The van der Waals surface area contributed by atoms with Crippen molar-refractivity contribution in [1.29, 1.82) is 0 Å². The van der Waals surface area contributed by atoms with Crippen LogP contribution in [0.4, 0.5) is 0 Å². The molecule has 1 aromatic rings. The van der Waals surface area contributed by atoms with Gasteiger partial charge >= 0.3 is 5.97 Å². The molecule has 0 saturated heterocycles. The molecule has 0 bridgehead atoms. The first kappa shape index (κ1) is 9.60. The largest absolute Gasteiger partial charge is 0.477 e. The Labute approximate surface area is 75.8 Å². The second kappa shape index (κ2) is 4.51. The SMILES string of the molecule is CNCCc1nccc(C(=O)O)n1. The van der Waals surface area contributed by atoms with Crippen molar-refractivity contribution < 1.29 is 9.90 Å². The number of rotatable bonds is 4. The molecule has 0 radical (unpaired) electrons. The van der Waals surface area contributed by atoms with E-state index in [1.54, 1.807) is 0 Å². The minimum Gasteiger partial charge on any atom is -0.477 e. The third-order valence-electron chi connectivity index (χ3n) is 1.52. The van der Waals surface area contributed by atoms with Crippen molar-refractivity contribution in [3.8, 4) is 0 Å². The normalized spacial score (nSPS) is 9.92. The van der Waals surface area contributed by atoms with Gasteiger partial charge in [-0.05, 0) is 13.1 Å². The van der Waals surface area contributed by atoms with Gasteiger partial charge in [-0.15, -0.1) is 0 Å². The molecule has 1 aromatic heterocycles. The van der Waals surface area contributed by atoms with E-state index in [0.717, 1.165) is 6.54 Å². The molecule has 0 atom stereocenters. The number of carboxylic acids is 1. The van der Waals surface area contributed by atoms with Crippen LogP contribution in [0, 0.1) is 0 Å². The zero-order chi connectivity index (χ0) is 9.68. The van der Waals surface area contributed by atoms with E-state index >= 15 is 0 Å². The summed E-state index contributed by atoms with van der Waals surface area (Å²) in [6.07, 6.45) is 2.10. The lowest BCUT2D eigenvalue weighted by molar-refractivity contribution is 0.0690. The number of hydrogen-bond donors (Lipinski definition) is 2. The van der Waals surface area contributed by atoms with E-state index in [1.807, 2.05) is 7.05 Å². The summed E-state index contributed by atoms with van der Waals surface area (Å²) < 4.78 is 0. The lowest BCUT2D eigenvalue weighted by Gasteiger charge is -1.99. The second-order valence-electron chi connectivity index (χ2n) is 2.52. The van der Waals surface area contributed by atoms with Crippen LogP contribution in [0.5, 0.6) is 0 Å². The number of aromatic nitrogens is 2. The highest BCUT2D eigenvalue weighted by Gasteiger charge is 2.05. The summed E-state index contributed by atoms with van der Waals surface area (Å²) in [5.41, 5.74) is 0.0427. The maximum absolute atomic E-state index is 10.5. The number of carboxylic acid groups (broad SMARTS) is 1. The topological polar surface area (TPSA) is 75.1 Å². The molecule has 0 fully saturated rings. The fraction of sp³-hybridized carbons (Fsp3) is 0.375. The molecular weight excluding hydrogens is 170 g/mol. The van der Waals surface area contributed by atoms with Crippen molar-refractivity contribution in [1.82, 2.24) is 15.3 Å². The van der Waals surface area contributed by atoms with Gasteiger partial charge in [0.2, 0.25) is 0 Å². The molecule has 0 aliphatic rings. The second-order valence-corrected chi connectivity index (χ2v) is 2.52. The molecule has 0 aromatic carbocycles. The molecule has 0 amide bonds. The molecule has 0 aliphatic carbocycles. The van der Waals surface area contributed by atoms with Crippen molar-refractivity contribution in [3.63, 3.8) is 0 Å². The summed E-state index contributed by atoms with van der Waals surface area (Å²) in [7, 11) is 1.82. The molecule has 70 valence electrons. The summed E-state index contributed by atoms with van der Waals surface area (Å²) >= 11 is 0. The van der Waals surface area contributed by atoms with E-state index in [4.69, 9.17) is 5.11 Å². The van der Waals surface area contributed by atoms with Crippen molar-refractivity contribution in [2.75, 3.05) is 13.6 Å². The first-order valence-electron chi connectivity index (χ1n) is 3.94. The van der Waals surface area contributed by atoms with Gasteiger partial charge in [-0.25, -0.2) is 14.8 Å². The van der Waals surface area contributed by atoms with Crippen LogP contribution in [0.1, 0.15) is 16.3 Å². The van der Waals surface area contributed by atoms with E-state index in [1.165, 1.54) is 12.3 Å². The Morgan fingerprint density at radius 1 is 1.69 bits per heavy atom. The van der Waals surface area contributed by atoms with Crippen molar-refractivity contribution in [3.05, 3.63) is 23.8 Å². The number of nitrogens with zero attached hydrogens (tertiary/aromatic N) is 2. The lowest BCUT2D eigenvalue weighted by atomic mass is 10.3. The van der Waals surface area contributed by atoms with Crippen LogP contribution in [0.2, 0.25) is 0 Å². The van der Waals surface area contributed by atoms with Crippen LogP contribution >= 0.6 is 0 Å². The number of hydrogen-bond acceptors (Lipinski definition) is 4. The quantitative estimate of drug-likeness (QED) is 0.680. The van der Waals surface area contributed by atoms with E-state index in [9.17, 15) is 4.79 Å². The van der Waals surface area contributed by atoms with Crippen LogP contribution < -0.4 is 5.32 Å². The Balaban J connectivity index is 2.73. The summed E-state index contributed by atoms with van der Waals surface area (Å²) in [4.78, 5) is 18.3. The molecule has 13 heavy (non-hydrogen) atoms. The summed E-state index contributed by atoms with van der Waals surface area (Å²) in [6.45, 7) is 0.739. The van der Waals surface area contributed by atoms with E-state index in [2.05, 4.69) is 15.3 Å². The lowest BCUT2D eigenvalue weighted by Crippen LogP contribution is -2.13. The zero-order valence-electron chi connectivity index (χ0n) is 7.32. The Bertz CT molecular complexity index is 301. The number of likely N-dealkylation sites (N-methyl/N-ethyl adjacent to an activating group) is 1. The van der Waals surface area contributed by atoms with Gasteiger partial charge in [-0.1, -0.05) is 0 Å². The predicted octanol–water partition coefficient (Wildman–Crippen LogP) is -0.0633. The van der Waals surface area contributed by atoms with Crippen LogP contribution in [-0.4, -0.2) is 34.6 Å². The smallest absolute Gasteiger partial charge is 0.354 e. The van der Waals surface area contributed by atoms with Gasteiger partial charge in [0.15, 0.2) is 5.69 Å². The highest BCUT2D eigenvalue weighted by molar-refractivity contribution is 5.85. The fourth-order valence-corrected chi connectivity index (χ4v) is 0.875. The van der Waals surface area contributed by atoms with Crippen LogP contribution in [0.3, 0.4) is 0 Å². The standard InChI is InChI=1S/C8H11N3O2/c1-9-4-3-7-10-5-2-6(11-7)8(12)13/h2,5,9H,3-4H2,1H3,(H,12,13). The minimum atomic E-state index is -1.02. The van der Waals surface area contributed by atoms with Gasteiger partial charge in [0, 0.05) is 19.2 Å². The van der Waals surface area contributed by atoms with Crippen LogP contribution in [0.15, 0.2) is 12.3 Å². The Morgan fingerprint density at radius 3 is 3.08 bits per heavy atom. The van der Waals surface area contributed by atoms with Gasteiger partial charge in [-0.2, -0.15) is 0 Å². The van der Waals surface area contributed by atoms with E-state index in [-0.39, 0.29) is 5.69 Å². The monoisotopic (exact) mass is 181 g/mol. The van der Waals surface area contributed by atoms with E-state index in [0.29, 0.717) is 12.2 Å². The molecule has 0 spiro atoms. The average Bonchev–Trinajstić information content (AvgIpc) is 2.15. The van der Waals surface area contributed by atoms with Crippen molar-refractivity contribution in [2.24, 2.45) is 0 Å². The van der Waals surface area contributed by atoms with Gasteiger partial charge in [0.25, 0.3) is 0 Å². The molecule has 5 heteroatoms. The third kappa shape index (κ3) is 2.79. The van der Waals surface area contributed by atoms with Crippen LogP contribution in [0.25, 0.3) is 0 Å². The van der Waals surface area contributed by atoms with Crippen LogP contribution in [-0.2, 0) is 6.42 Å². The number of aromatic carboxylic acids is 1. The number of carbonyl (C=O) groups is 1. The number of nitrogens with one attached hydrogen (secondary N) is 1. The Morgan fingerprint density at radius 2 is 2.46 bits per heavy atom. The summed E-state index contributed by atoms with van der Waals surface area (Å²) in [5, 5.41) is 11.6. The summed E-state index contributed by atoms with van der Waals surface area (Å²) in [5.74, 6) is -0.470. The van der Waals surface area contributed by atoms with Gasteiger partial charge in [-0.3, -0.25) is 0 Å². The molecule has 2 N–H and O–H groups in total. The minimum absolute atomic E-state index is 0.0427. The van der Waals surface area contributed by atoms with Gasteiger partial charge in [0.05, 0.1) is 0 Å². The van der Waals surface area contributed by atoms with Gasteiger partial charge in [0.1, 0.15) is 5.82 Å². The summed E-state index contributed by atoms with van der Waals surface area (Å²) in [6, 6.07) is 1.38. The first-order chi connectivity index (χ1) is 6.24. The molecule has 0 saturated carbocycles. The highest BCUT2D eigenvalue weighted by Crippen LogP contribution is 1.95. The highest BCUT2D eigenvalue weighted by atomic mass is 16.4. The molecular formula is C8H11N3O2. The van der Waals surface area contributed by atoms with Crippen molar-refractivity contribution in [2.45, 2.75) is 6.42 Å². The van der Waals surface area contributed by atoms with Crippen molar-refractivity contribution >= 4 is 5.97 Å². The Hall–Kier alpha value is -1.49.